The number of methoxy groups -OCH3 is 1. The maximum atomic E-state index is 12.4. The zero-order chi connectivity index (χ0) is 22.4. The van der Waals surface area contributed by atoms with E-state index in [4.69, 9.17) is 14.2 Å². The van der Waals surface area contributed by atoms with Gasteiger partial charge in [-0.25, -0.2) is 4.79 Å². The van der Waals surface area contributed by atoms with E-state index in [2.05, 4.69) is 0 Å². The Balaban J connectivity index is 1.51. The average molecular weight is 421 g/mol. The second-order valence-corrected chi connectivity index (χ2v) is 7.48. The van der Waals surface area contributed by atoms with E-state index in [0.717, 1.165) is 27.6 Å². The predicted octanol–water partition coefficient (Wildman–Crippen LogP) is 4.13. The first-order valence-electron chi connectivity index (χ1n) is 10.1. The summed E-state index contributed by atoms with van der Waals surface area (Å²) in [5, 5.41) is 2.13. The van der Waals surface area contributed by atoms with Gasteiger partial charge in [-0.1, -0.05) is 30.3 Å². The highest BCUT2D eigenvalue weighted by molar-refractivity contribution is 5.85. The fourth-order valence-corrected chi connectivity index (χ4v) is 3.16. The van der Waals surface area contributed by atoms with Gasteiger partial charge in [-0.15, -0.1) is 0 Å². The molecule has 0 aliphatic heterocycles. The van der Waals surface area contributed by atoms with Crippen molar-refractivity contribution in [1.82, 2.24) is 4.90 Å². The molecular formula is C25H27NO5. The molecule has 0 aliphatic carbocycles. The van der Waals surface area contributed by atoms with Crippen molar-refractivity contribution in [2.75, 3.05) is 20.8 Å². The molecule has 1 atom stereocenters. The number of nitrogens with zero attached hydrogens (tertiary/aromatic N) is 1. The molecule has 0 saturated carbocycles. The molecule has 0 heterocycles. The largest absolute Gasteiger partial charge is 0.497 e. The van der Waals surface area contributed by atoms with Gasteiger partial charge in [0.1, 0.15) is 11.5 Å². The van der Waals surface area contributed by atoms with E-state index in [9.17, 15) is 9.59 Å². The first-order valence-corrected chi connectivity index (χ1v) is 10.1. The number of hydrogen-bond donors (Lipinski definition) is 0. The van der Waals surface area contributed by atoms with E-state index in [1.54, 1.807) is 27.1 Å². The van der Waals surface area contributed by atoms with E-state index in [-0.39, 0.29) is 12.5 Å². The van der Waals surface area contributed by atoms with Gasteiger partial charge in [-0.2, -0.15) is 0 Å². The van der Waals surface area contributed by atoms with Gasteiger partial charge in [0.15, 0.2) is 12.7 Å². The number of benzene rings is 3. The Hall–Kier alpha value is -3.54. The van der Waals surface area contributed by atoms with Gasteiger partial charge in [0.2, 0.25) is 0 Å². The molecule has 0 aromatic heterocycles. The summed E-state index contributed by atoms with van der Waals surface area (Å²) in [5.74, 6) is 0.519. The molecule has 31 heavy (non-hydrogen) atoms. The molecule has 0 fully saturated rings. The minimum Gasteiger partial charge on any atom is -0.497 e. The van der Waals surface area contributed by atoms with Crippen LogP contribution in [0.2, 0.25) is 0 Å². The van der Waals surface area contributed by atoms with Crippen LogP contribution in [-0.4, -0.2) is 43.6 Å². The standard InChI is InChI=1S/C25H27NO5/c1-17-6-5-7-23(12-17)31-18(2)25(28)30-16-24(27)26(3)15-19-8-9-21-14-22(29-4)11-10-20(21)13-19/h5-14,18H,15-16H2,1-4H3/t18-/m1/s1. The summed E-state index contributed by atoms with van der Waals surface area (Å²) >= 11 is 0. The number of esters is 1. The average Bonchev–Trinajstić information content (AvgIpc) is 2.76. The number of rotatable bonds is 8. The smallest absolute Gasteiger partial charge is 0.347 e. The lowest BCUT2D eigenvalue weighted by atomic mass is 10.1. The molecule has 0 radical (unpaired) electrons. The Morgan fingerprint density at radius 3 is 2.45 bits per heavy atom. The molecular weight excluding hydrogens is 394 g/mol. The summed E-state index contributed by atoms with van der Waals surface area (Å²) in [6.07, 6.45) is -0.808. The number of likely N-dealkylation sites (N-methyl/N-ethyl adjacent to an activating group) is 1. The molecule has 6 nitrogen and oxygen atoms in total. The van der Waals surface area contributed by atoms with Crippen molar-refractivity contribution in [3.05, 3.63) is 71.8 Å². The van der Waals surface area contributed by atoms with Crippen molar-refractivity contribution >= 4 is 22.6 Å². The molecule has 3 aromatic rings. The molecule has 6 heteroatoms. The third kappa shape index (κ3) is 5.98. The van der Waals surface area contributed by atoms with E-state index < -0.39 is 12.1 Å². The Labute approximate surface area is 182 Å². The minimum absolute atomic E-state index is 0.286. The summed E-state index contributed by atoms with van der Waals surface area (Å²) in [5.41, 5.74) is 2.01. The number of amides is 1. The number of aryl methyl sites for hydroxylation is 1. The first-order chi connectivity index (χ1) is 14.9. The Bertz CT molecular complexity index is 1080. The first kappa shape index (κ1) is 22.2. The fourth-order valence-electron chi connectivity index (χ4n) is 3.16. The van der Waals surface area contributed by atoms with Crippen LogP contribution in [0.3, 0.4) is 0 Å². The number of hydrogen-bond acceptors (Lipinski definition) is 5. The Morgan fingerprint density at radius 2 is 1.71 bits per heavy atom. The lowest BCUT2D eigenvalue weighted by Gasteiger charge is -2.19. The van der Waals surface area contributed by atoms with Crippen molar-refractivity contribution in [2.24, 2.45) is 0 Å². The quantitative estimate of drug-likeness (QED) is 0.512. The zero-order valence-corrected chi connectivity index (χ0v) is 18.3. The summed E-state index contributed by atoms with van der Waals surface area (Å²) in [6, 6.07) is 19.2. The molecule has 0 unspecified atom stereocenters. The topological polar surface area (TPSA) is 65.1 Å². The van der Waals surface area contributed by atoms with Gasteiger partial charge in [-0.3, -0.25) is 4.79 Å². The molecule has 0 saturated heterocycles. The molecule has 0 aliphatic rings. The molecule has 3 rings (SSSR count). The Morgan fingerprint density at radius 1 is 0.968 bits per heavy atom. The normalized spacial score (nSPS) is 11.6. The van der Waals surface area contributed by atoms with Gasteiger partial charge in [0.25, 0.3) is 5.91 Å². The summed E-state index contributed by atoms with van der Waals surface area (Å²) in [4.78, 5) is 26.1. The molecule has 3 aromatic carbocycles. The van der Waals surface area contributed by atoms with Crippen LogP contribution in [0.4, 0.5) is 0 Å². The van der Waals surface area contributed by atoms with Gasteiger partial charge in [0, 0.05) is 13.6 Å². The summed E-state index contributed by atoms with van der Waals surface area (Å²) in [7, 11) is 3.32. The number of fused-ring (bicyclic) bond motifs is 1. The van der Waals surface area contributed by atoms with Crippen molar-refractivity contribution in [3.8, 4) is 11.5 Å². The number of carbonyl (C=O) groups excluding carboxylic acids is 2. The van der Waals surface area contributed by atoms with E-state index in [1.165, 1.54) is 4.90 Å². The van der Waals surface area contributed by atoms with Gasteiger partial charge in [0.05, 0.1) is 7.11 Å². The van der Waals surface area contributed by atoms with Crippen LogP contribution in [0.5, 0.6) is 11.5 Å². The van der Waals surface area contributed by atoms with Gasteiger partial charge < -0.3 is 19.1 Å². The van der Waals surface area contributed by atoms with Crippen molar-refractivity contribution < 1.29 is 23.8 Å². The highest BCUT2D eigenvalue weighted by Gasteiger charge is 2.19. The minimum atomic E-state index is -0.808. The Kier molecular flexibility index (Phi) is 7.13. The van der Waals surface area contributed by atoms with E-state index in [1.807, 2.05) is 61.5 Å². The molecule has 0 bridgehead atoms. The van der Waals surface area contributed by atoms with Crippen molar-refractivity contribution in [2.45, 2.75) is 26.5 Å². The second kappa shape index (κ2) is 9.98. The van der Waals surface area contributed by atoms with Gasteiger partial charge >= 0.3 is 5.97 Å². The second-order valence-electron chi connectivity index (χ2n) is 7.48. The third-order valence-corrected chi connectivity index (χ3v) is 4.93. The predicted molar refractivity (Wildman–Crippen MR) is 119 cm³/mol. The van der Waals surface area contributed by atoms with Crippen LogP contribution in [0.25, 0.3) is 10.8 Å². The lowest BCUT2D eigenvalue weighted by Crippen LogP contribution is -2.34. The van der Waals surface area contributed by atoms with Crippen LogP contribution in [0.15, 0.2) is 60.7 Å². The van der Waals surface area contributed by atoms with Crippen molar-refractivity contribution in [1.29, 1.82) is 0 Å². The number of carbonyl (C=O) groups is 2. The fraction of sp³-hybridized carbons (Fsp3) is 0.280. The van der Waals surface area contributed by atoms with Crippen LogP contribution in [0, 0.1) is 6.92 Å². The number of ether oxygens (including phenoxy) is 3. The molecule has 0 N–H and O–H groups in total. The van der Waals surface area contributed by atoms with Crippen LogP contribution >= 0.6 is 0 Å². The zero-order valence-electron chi connectivity index (χ0n) is 18.3. The molecule has 162 valence electrons. The third-order valence-electron chi connectivity index (χ3n) is 4.93. The van der Waals surface area contributed by atoms with Crippen LogP contribution in [-0.2, 0) is 20.9 Å². The monoisotopic (exact) mass is 421 g/mol. The maximum Gasteiger partial charge on any atom is 0.347 e. The molecule has 0 spiro atoms. The SMILES string of the molecule is COc1ccc2cc(CN(C)C(=O)COC(=O)[C@@H](C)Oc3cccc(C)c3)ccc2c1. The van der Waals surface area contributed by atoms with Gasteiger partial charge in [-0.05, 0) is 66.1 Å². The van der Waals surface area contributed by atoms with E-state index in [0.29, 0.717) is 12.3 Å². The highest BCUT2D eigenvalue weighted by atomic mass is 16.6. The molecule has 1 amide bonds. The highest BCUT2D eigenvalue weighted by Crippen LogP contribution is 2.22. The maximum absolute atomic E-state index is 12.4. The van der Waals surface area contributed by atoms with E-state index >= 15 is 0 Å². The van der Waals surface area contributed by atoms with Crippen LogP contribution in [0.1, 0.15) is 18.1 Å². The van der Waals surface area contributed by atoms with Crippen molar-refractivity contribution in [3.63, 3.8) is 0 Å². The summed E-state index contributed by atoms with van der Waals surface area (Å²) < 4.78 is 16.0. The van der Waals surface area contributed by atoms with Crippen LogP contribution < -0.4 is 9.47 Å². The summed E-state index contributed by atoms with van der Waals surface area (Å²) in [6.45, 7) is 3.62. The lowest BCUT2D eigenvalue weighted by molar-refractivity contribution is -0.157.